The molecule has 1 aromatic carbocycles. The van der Waals surface area contributed by atoms with Gasteiger partial charge in [-0.25, -0.2) is 4.39 Å². The van der Waals surface area contributed by atoms with Gasteiger partial charge in [-0.05, 0) is 121 Å². The highest BCUT2D eigenvalue weighted by Gasteiger charge is 2.28. The molecule has 0 saturated carbocycles. The molecule has 0 bridgehead atoms. The Labute approximate surface area is 240 Å². The number of esters is 1. The number of carbonyl (C=O) groups excluding carboxylic acids is 1. The molecule has 224 valence electrons. The summed E-state index contributed by atoms with van der Waals surface area (Å²) in [5, 5.41) is 10.9. The predicted molar refractivity (Wildman–Crippen MR) is 157 cm³/mol. The highest BCUT2D eigenvalue weighted by Crippen LogP contribution is 2.30. The SMILES string of the molecule is CCOC(=O)CCCCC1=CCC(OC(C)C)C=C1[C@@H](C)OC[C@H](O)CN1CCC[C@H]1Cc1ccc(C)c(F)c1. The van der Waals surface area contributed by atoms with Crippen LogP contribution in [0.3, 0.4) is 0 Å². The summed E-state index contributed by atoms with van der Waals surface area (Å²) < 4.78 is 31.4. The number of likely N-dealkylation sites (tertiary alicyclic amines) is 1. The Morgan fingerprint density at radius 2 is 2.02 bits per heavy atom. The van der Waals surface area contributed by atoms with Crippen molar-refractivity contribution >= 4 is 5.97 Å². The van der Waals surface area contributed by atoms with Crippen LogP contribution in [0, 0.1) is 12.7 Å². The Morgan fingerprint density at radius 3 is 2.75 bits per heavy atom. The van der Waals surface area contributed by atoms with Crippen LogP contribution in [-0.2, 0) is 25.4 Å². The lowest BCUT2D eigenvalue weighted by molar-refractivity contribution is -0.143. The Bertz CT molecular complexity index is 1010. The van der Waals surface area contributed by atoms with E-state index in [1.807, 2.05) is 39.8 Å². The van der Waals surface area contributed by atoms with Crippen molar-refractivity contribution in [2.45, 2.75) is 116 Å². The van der Waals surface area contributed by atoms with Crippen molar-refractivity contribution in [3.8, 4) is 0 Å². The van der Waals surface area contributed by atoms with E-state index in [-0.39, 0.29) is 36.7 Å². The second-order valence-corrected chi connectivity index (χ2v) is 11.5. The Hall–Kier alpha value is -2.06. The zero-order valence-electron chi connectivity index (χ0n) is 25.2. The second-order valence-electron chi connectivity index (χ2n) is 11.5. The maximum atomic E-state index is 14.0. The third kappa shape index (κ3) is 10.4. The number of halogens is 1. The van der Waals surface area contributed by atoms with Crippen LogP contribution in [0.2, 0.25) is 0 Å². The van der Waals surface area contributed by atoms with E-state index in [1.165, 1.54) is 5.57 Å². The number of rotatable bonds is 16. The molecule has 6 nitrogen and oxygen atoms in total. The van der Waals surface area contributed by atoms with E-state index < -0.39 is 6.10 Å². The Kier molecular flexibility index (Phi) is 13.3. The molecule has 0 aromatic heterocycles. The van der Waals surface area contributed by atoms with Gasteiger partial charge in [0.2, 0.25) is 0 Å². The molecule has 4 atom stereocenters. The average Bonchev–Trinajstić information content (AvgIpc) is 3.33. The third-order valence-corrected chi connectivity index (χ3v) is 7.79. The van der Waals surface area contributed by atoms with Gasteiger partial charge in [0.15, 0.2) is 0 Å². The van der Waals surface area contributed by atoms with Crippen molar-refractivity contribution in [2.24, 2.45) is 0 Å². The molecule has 40 heavy (non-hydrogen) atoms. The fourth-order valence-electron chi connectivity index (χ4n) is 5.73. The average molecular weight is 560 g/mol. The molecule has 3 rings (SSSR count). The number of aryl methyl sites for hydroxylation is 1. The van der Waals surface area contributed by atoms with Crippen LogP contribution >= 0.6 is 0 Å². The summed E-state index contributed by atoms with van der Waals surface area (Å²) in [5.74, 6) is -0.298. The molecule has 1 aliphatic carbocycles. The van der Waals surface area contributed by atoms with Crippen LogP contribution in [0.15, 0.2) is 41.5 Å². The van der Waals surface area contributed by atoms with Crippen molar-refractivity contribution in [2.75, 3.05) is 26.3 Å². The number of carbonyl (C=O) groups is 1. The summed E-state index contributed by atoms with van der Waals surface area (Å²) in [6, 6.07) is 5.79. The lowest BCUT2D eigenvalue weighted by atomic mass is 9.89. The molecule has 1 heterocycles. The van der Waals surface area contributed by atoms with Crippen molar-refractivity contribution in [3.63, 3.8) is 0 Å². The van der Waals surface area contributed by atoms with Gasteiger partial charge >= 0.3 is 5.97 Å². The molecule has 1 aliphatic heterocycles. The van der Waals surface area contributed by atoms with Gasteiger partial charge in [-0.2, -0.15) is 0 Å². The highest BCUT2D eigenvalue weighted by atomic mass is 19.1. The lowest BCUT2D eigenvalue weighted by Gasteiger charge is -2.29. The second kappa shape index (κ2) is 16.4. The number of ether oxygens (including phenoxy) is 3. The molecule has 7 heteroatoms. The quantitative estimate of drug-likeness (QED) is 0.196. The number of hydrogen-bond donors (Lipinski definition) is 1. The summed E-state index contributed by atoms with van der Waals surface area (Å²) in [4.78, 5) is 14.0. The number of unbranched alkanes of at least 4 members (excludes halogenated alkanes) is 1. The van der Waals surface area contributed by atoms with Crippen LogP contribution in [0.1, 0.15) is 83.8 Å². The molecule has 0 radical (unpaired) electrons. The first-order chi connectivity index (χ1) is 19.2. The molecule has 1 fully saturated rings. The van der Waals surface area contributed by atoms with Crippen LogP contribution in [0.25, 0.3) is 0 Å². The largest absolute Gasteiger partial charge is 0.466 e. The Morgan fingerprint density at radius 1 is 1.23 bits per heavy atom. The number of aliphatic hydroxyl groups is 1. The minimum absolute atomic E-state index is 0.00576. The van der Waals surface area contributed by atoms with E-state index >= 15 is 0 Å². The van der Waals surface area contributed by atoms with E-state index in [0.29, 0.717) is 31.2 Å². The van der Waals surface area contributed by atoms with E-state index in [1.54, 1.807) is 13.0 Å². The Balaban J connectivity index is 1.52. The van der Waals surface area contributed by atoms with Crippen LogP contribution in [0.4, 0.5) is 4.39 Å². The normalized spacial score (nSPS) is 21.3. The summed E-state index contributed by atoms with van der Waals surface area (Å²) in [6.07, 6.45) is 10.5. The number of nitrogens with zero attached hydrogens (tertiary/aromatic N) is 1. The van der Waals surface area contributed by atoms with E-state index in [9.17, 15) is 14.3 Å². The first kappa shape index (κ1) is 32.5. The van der Waals surface area contributed by atoms with Gasteiger partial charge in [0, 0.05) is 19.0 Å². The van der Waals surface area contributed by atoms with Gasteiger partial charge < -0.3 is 19.3 Å². The predicted octanol–water partition coefficient (Wildman–Crippen LogP) is 6.08. The van der Waals surface area contributed by atoms with Crippen LogP contribution in [0.5, 0.6) is 0 Å². The van der Waals surface area contributed by atoms with Crippen LogP contribution in [-0.4, -0.2) is 72.7 Å². The standard InChI is InChI=1S/C33H50FNO5/c1-6-38-33(37)12-8-7-10-27-15-16-30(40-23(2)3)20-31(27)25(5)39-22-29(36)21-35-17-9-11-28(35)18-26-14-13-24(4)32(34)19-26/h13-15,19-20,23,25,28-30,36H,6-12,16-18,21-22H2,1-5H3/t25-,28+,29-,30?/m1/s1. The summed E-state index contributed by atoms with van der Waals surface area (Å²) in [6.45, 7) is 11.9. The number of benzene rings is 1. The van der Waals surface area contributed by atoms with Gasteiger partial charge in [0.05, 0.1) is 37.6 Å². The van der Waals surface area contributed by atoms with Gasteiger partial charge in [-0.1, -0.05) is 18.2 Å². The van der Waals surface area contributed by atoms with E-state index in [4.69, 9.17) is 14.2 Å². The number of β-amino-alcohol motifs (C(OH)–C–C–N with tert-alkyl or cyclic N) is 1. The monoisotopic (exact) mass is 559 g/mol. The van der Waals surface area contributed by atoms with Gasteiger partial charge in [0.25, 0.3) is 0 Å². The van der Waals surface area contributed by atoms with Gasteiger partial charge in [0.1, 0.15) is 5.82 Å². The van der Waals surface area contributed by atoms with Crippen molar-refractivity contribution in [3.05, 3.63) is 58.4 Å². The third-order valence-electron chi connectivity index (χ3n) is 7.79. The number of hydrogen-bond acceptors (Lipinski definition) is 6. The first-order valence-electron chi connectivity index (χ1n) is 15.2. The summed E-state index contributed by atoms with van der Waals surface area (Å²) in [7, 11) is 0. The molecule has 0 spiro atoms. The minimum atomic E-state index is -0.610. The molecular weight excluding hydrogens is 509 g/mol. The highest BCUT2D eigenvalue weighted by molar-refractivity contribution is 5.69. The smallest absolute Gasteiger partial charge is 0.305 e. The molecule has 1 saturated heterocycles. The van der Waals surface area contributed by atoms with Crippen molar-refractivity contribution in [1.29, 1.82) is 0 Å². The number of aliphatic hydroxyl groups excluding tert-OH is 1. The zero-order valence-corrected chi connectivity index (χ0v) is 25.2. The molecule has 0 amide bonds. The maximum absolute atomic E-state index is 14.0. The molecular formula is C33H50FNO5. The molecule has 1 unspecified atom stereocenters. The minimum Gasteiger partial charge on any atom is -0.466 e. The van der Waals surface area contributed by atoms with Crippen LogP contribution < -0.4 is 0 Å². The first-order valence-corrected chi connectivity index (χ1v) is 15.2. The van der Waals surface area contributed by atoms with Crippen molar-refractivity contribution in [1.82, 2.24) is 4.90 Å². The van der Waals surface area contributed by atoms with Gasteiger partial charge in [-0.3, -0.25) is 9.69 Å². The molecule has 1 aromatic rings. The lowest BCUT2D eigenvalue weighted by Crippen LogP contribution is -2.39. The topological polar surface area (TPSA) is 68.2 Å². The maximum Gasteiger partial charge on any atom is 0.305 e. The van der Waals surface area contributed by atoms with E-state index in [2.05, 4.69) is 17.1 Å². The van der Waals surface area contributed by atoms with Crippen molar-refractivity contribution < 1.29 is 28.5 Å². The fraction of sp³-hybridized carbons (Fsp3) is 0.667. The zero-order chi connectivity index (χ0) is 29.1. The molecule has 1 N–H and O–H groups in total. The molecule has 2 aliphatic rings. The summed E-state index contributed by atoms with van der Waals surface area (Å²) in [5.41, 5.74) is 4.02. The van der Waals surface area contributed by atoms with E-state index in [0.717, 1.165) is 62.6 Å². The van der Waals surface area contributed by atoms with Gasteiger partial charge in [-0.15, -0.1) is 0 Å². The fourth-order valence-corrected chi connectivity index (χ4v) is 5.73. The summed E-state index contributed by atoms with van der Waals surface area (Å²) >= 11 is 0.